The molecule has 100 valence electrons. The molecule has 1 aliphatic rings. The first kappa shape index (κ1) is 11.7. The molecule has 0 bridgehead atoms. The minimum atomic E-state index is 0.211. The molecule has 0 atom stereocenters. The fraction of sp³-hybridized carbons (Fsp3) is 0.214. The summed E-state index contributed by atoms with van der Waals surface area (Å²) in [5, 5.41) is 3.66. The number of nitrogens with one attached hydrogen (secondary N) is 2. The lowest BCUT2D eigenvalue weighted by molar-refractivity contribution is 0.769. The van der Waals surface area contributed by atoms with Gasteiger partial charge in [0, 0.05) is 6.04 Å². The van der Waals surface area contributed by atoms with Gasteiger partial charge in [-0.2, -0.15) is 9.97 Å². The molecule has 2 N–H and O–H groups in total. The van der Waals surface area contributed by atoms with Crippen LogP contribution in [0.1, 0.15) is 11.1 Å². The summed E-state index contributed by atoms with van der Waals surface area (Å²) in [6.07, 6.45) is 3.59. The van der Waals surface area contributed by atoms with Crippen molar-refractivity contribution in [1.82, 2.24) is 19.9 Å². The number of hydrogen-bond donors (Lipinski definition) is 2. The first-order chi connectivity index (χ1) is 9.79. The molecule has 0 unspecified atom stereocenters. The summed E-state index contributed by atoms with van der Waals surface area (Å²) in [6, 6.07) is 8.84. The molecule has 2 heterocycles. The van der Waals surface area contributed by atoms with Gasteiger partial charge in [0.15, 0.2) is 11.5 Å². The first-order valence-electron chi connectivity index (χ1n) is 6.49. The van der Waals surface area contributed by atoms with Crippen LogP contribution in [0.4, 0.5) is 5.82 Å². The summed E-state index contributed by atoms with van der Waals surface area (Å²) >= 11 is 5.94. The van der Waals surface area contributed by atoms with E-state index in [1.165, 1.54) is 11.1 Å². The lowest BCUT2D eigenvalue weighted by atomic mass is 10.1. The Morgan fingerprint density at radius 2 is 1.90 bits per heavy atom. The third-order valence-electron chi connectivity index (χ3n) is 3.65. The molecule has 0 saturated heterocycles. The molecule has 1 aliphatic carbocycles. The van der Waals surface area contributed by atoms with Crippen molar-refractivity contribution in [3.05, 3.63) is 47.0 Å². The Morgan fingerprint density at radius 1 is 1.15 bits per heavy atom. The van der Waals surface area contributed by atoms with E-state index in [1.807, 2.05) is 0 Å². The number of benzene rings is 1. The van der Waals surface area contributed by atoms with Gasteiger partial charge in [0.25, 0.3) is 0 Å². The van der Waals surface area contributed by atoms with Crippen LogP contribution in [-0.4, -0.2) is 26.0 Å². The van der Waals surface area contributed by atoms with Crippen LogP contribution in [0.15, 0.2) is 30.6 Å². The van der Waals surface area contributed by atoms with Gasteiger partial charge in [0.1, 0.15) is 5.52 Å². The van der Waals surface area contributed by atoms with Gasteiger partial charge in [0.2, 0.25) is 5.28 Å². The summed E-state index contributed by atoms with van der Waals surface area (Å²) in [5.41, 5.74) is 4.17. The van der Waals surface area contributed by atoms with E-state index in [9.17, 15) is 0 Å². The van der Waals surface area contributed by atoms with Gasteiger partial charge in [-0.05, 0) is 35.6 Å². The third kappa shape index (κ3) is 1.91. The standard InChI is InChI=1S/C14H12ClN5/c15-14-19-12-11(16-7-17-12)13(20-14)18-10-5-8-3-1-2-4-9(8)6-10/h1-4,7,10H,5-6H2,(H2,16,17,18,19,20). The number of fused-ring (bicyclic) bond motifs is 2. The van der Waals surface area contributed by atoms with Gasteiger partial charge in [0.05, 0.1) is 6.33 Å². The Hall–Kier alpha value is -2.14. The minimum Gasteiger partial charge on any atom is -0.365 e. The monoisotopic (exact) mass is 285 g/mol. The second-order valence-corrected chi connectivity index (χ2v) is 5.30. The highest BCUT2D eigenvalue weighted by molar-refractivity contribution is 6.28. The molecule has 0 fully saturated rings. The fourth-order valence-electron chi connectivity index (χ4n) is 2.77. The van der Waals surface area contributed by atoms with E-state index >= 15 is 0 Å². The lowest BCUT2D eigenvalue weighted by Gasteiger charge is -2.13. The van der Waals surface area contributed by atoms with Crippen LogP contribution in [0.25, 0.3) is 11.2 Å². The molecule has 6 heteroatoms. The SMILES string of the molecule is Clc1nc(NC2Cc3ccccc3C2)c2[nH]cnc2n1. The maximum Gasteiger partial charge on any atom is 0.226 e. The van der Waals surface area contributed by atoms with E-state index < -0.39 is 0 Å². The average molecular weight is 286 g/mol. The maximum absolute atomic E-state index is 5.94. The molecule has 0 amide bonds. The predicted molar refractivity (Wildman–Crippen MR) is 78.0 cm³/mol. The molecule has 0 saturated carbocycles. The highest BCUT2D eigenvalue weighted by atomic mass is 35.5. The van der Waals surface area contributed by atoms with E-state index in [-0.39, 0.29) is 5.28 Å². The predicted octanol–water partition coefficient (Wildman–Crippen LogP) is 2.59. The van der Waals surface area contributed by atoms with Crippen molar-refractivity contribution in [3.63, 3.8) is 0 Å². The smallest absolute Gasteiger partial charge is 0.226 e. The Labute approximate surface area is 120 Å². The van der Waals surface area contributed by atoms with Gasteiger partial charge in [-0.15, -0.1) is 0 Å². The molecule has 1 aromatic carbocycles. The molecule has 2 aromatic heterocycles. The van der Waals surface area contributed by atoms with Crippen molar-refractivity contribution in [2.75, 3.05) is 5.32 Å². The van der Waals surface area contributed by atoms with Crippen LogP contribution in [0.5, 0.6) is 0 Å². The number of anilines is 1. The van der Waals surface area contributed by atoms with Crippen LogP contribution in [0, 0.1) is 0 Å². The minimum absolute atomic E-state index is 0.211. The number of hydrogen-bond acceptors (Lipinski definition) is 4. The van der Waals surface area contributed by atoms with Crippen molar-refractivity contribution >= 4 is 28.6 Å². The summed E-state index contributed by atoms with van der Waals surface area (Å²) < 4.78 is 0. The largest absolute Gasteiger partial charge is 0.365 e. The van der Waals surface area contributed by atoms with E-state index in [0.717, 1.165) is 24.2 Å². The number of rotatable bonds is 2. The highest BCUT2D eigenvalue weighted by Gasteiger charge is 2.22. The van der Waals surface area contributed by atoms with Gasteiger partial charge in [-0.25, -0.2) is 4.98 Å². The van der Waals surface area contributed by atoms with Crippen LogP contribution in [-0.2, 0) is 12.8 Å². The summed E-state index contributed by atoms with van der Waals surface area (Å²) in [4.78, 5) is 15.5. The molecule has 20 heavy (non-hydrogen) atoms. The molecular weight excluding hydrogens is 274 g/mol. The zero-order chi connectivity index (χ0) is 13.5. The number of imidazole rings is 1. The number of H-pyrrole nitrogens is 1. The number of aromatic nitrogens is 4. The Bertz CT molecular complexity index is 757. The maximum atomic E-state index is 5.94. The van der Waals surface area contributed by atoms with Crippen LogP contribution in [0.3, 0.4) is 0 Å². The van der Waals surface area contributed by atoms with E-state index in [4.69, 9.17) is 11.6 Å². The van der Waals surface area contributed by atoms with E-state index in [1.54, 1.807) is 6.33 Å². The topological polar surface area (TPSA) is 66.5 Å². The fourth-order valence-corrected chi connectivity index (χ4v) is 2.93. The molecule has 0 aliphatic heterocycles. The lowest BCUT2D eigenvalue weighted by Crippen LogP contribution is -2.20. The zero-order valence-electron chi connectivity index (χ0n) is 10.6. The second-order valence-electron chi connectivity index (χ2n) is 4.96. The Morgan fingerprint density at radius 3 is 2.65 bits per heavy atom. The summed E-state index contributed by atoms with van der Waals surface area (Å²) in [6.45, 7) is 0. The Balaban J connectivity index is 1.65. The highest BCUT2D eigenvalue weighted by Crippen LogP contribution is 2.26. The van der Waals surface area contributed by atoms with Gasteiger partial charge in [-0.3, -0.25) is 0 Å². The number of nitrogens with zero attached hydrogens (tertiary/aromatic N) is 3. The molecule has 5 nitrogen and oxygen atoms in total. The zero-order valence-corrected chi connectivity index (χ0v) is 11.4. The third-order valence-corrected chi connectivity index (χ3v) is 3.82. The van der Waals surface area contributed by atoms with Crippen molar-refractivity contribution in [1.29, 1.82) is 0 Å². The molecular formula is C14H12ClN5. The average Bonchev–Trinajstić information content (AvgIpc) is 3.03. The van der Waals surface area contributed by atoms with Gasteiger partial charge < -0.3 is 10.3 Å². The second kappa shape index (κ2) is 4.45. The normalized spacial score (nSPS) is 14.7. The van der Waals surface area contributed by atoms with E-state index in [0.29, 0.717) is 11.7 Å². The van der Waals surface area contributed by atoms with Crippen LogP contribution >= 0.6 is 11.6 Å². The van der Waals surface area contributed by atoms with Crippen molar-refractivity contribution in [2.45, 2.75) is 18.9 Å². The van der Waals surface area contributed by atoms with Crippen LogP contribution in [0.2, 0.25) is 5.28 Å². The van der Waals surface area contributed by atoms with Crippen molar-refractivity contribution in [3.8, 4) is 0 Å². The van der Waals surface area contributed by atoms with Crippen LogP contribution < -0.4 is 5.32 Å². The van der Waals surface area contributed by atoms with Gasteiger partial charge in [-0.1, -0.05) is 24.3 Å². The molecule has 4 rings (SSSR count). The Kier molecular flexibility index (Phi) is 2.60. The summed E-state index contributed by atoms with van der Waals surface area (Å²) in [7, 11) is 0. The van der Waals surface area contributed by atoms with E-state index in [2.05, 4.69) is 49.5 Å². The quantitative estimate of drug-likeness (QED) is 0.710. The molecule has 0 radical (unpaired) electrons. The molecule has 3 aromatic rings. The van der Waals surface area contributed by atoms with Crippen molar-refractivity contribution in [2.24, 2.45) is 0 Å². The van der Waals surface area contributed by atoms with Crippen molar-refractivity contribution < 1.29 is 0 Å². The van der Waals surface area contributed by atoms with Gasteiger partial charge >= 0.3 is 0 Å². The number of aromatic amines is 1. The number of halogens is 1. The first-order valence-corrected chi connectivity index (χ1v) is 6.87. The summed E-state index contributed by atoms with van der Waals surface area (Å²) in [5.74, 6) is 0.718. The molecule has 0 spiro atoms.